The molecule has 0 saturated carbocycles. The van der Waals surface area contributed by atoms with Crippen molar-refractivity contribution in [3.63, 3.8) is 0 Å². The van der Waals surface area contributed by atoms with Crippen LogP contribution in [0.2, 0.25) is 0 Å². The van der Waals surface area contributed by atoms with Gasteiger partial charge in [0.2, 0.25) is 11.7 Å². The second-order valence-electron chi connectivity index (χ2n) is 12.4. The third-order valence-corrected chi connectivity index (χ3v) is 9.71. The summed E-state index contributed by atoms with van der Waals surface area (Å²) in [6.45, 7) is 0.918. The number of carbonyl (C=O) groups excluding carboxylic acids is 4. The molecule has 266 valence electrons. The molecular formula is C37H36N8O6S. The number of ether oxygens (including phenoxy) is 2. The van der Waals surface area contributed by atoms with Gasteiger partial charge in [-0.1, -0.05) is 29.5 Å². The Morgan fingerprint density at radius 2 is 1.81 bits per heavy atom. The van der Waals surface area contributed by atoms with Gasteiger partial charge in [-0.2, -0.15) is 0 Å². The number of anilines is 3. The van der Waals surface area contributed by atoms with E-state index in [1.165, 1.54) is 23.0 Å². The number of aromatic nitrogens is 3. The molecule has 4 amide bonds. The number of benzene rings is 3. The molecule has 4 heterocycles. The van der Waals surface area contributed by atoms with E-state index in [4.69, 9.17) is 9.47 Å². The molecule has 1 atom stereocenters. The summed E-state index contributed by atoms with van der Waals surface area (Å²) in [7, 11) is 3.17. The summed E-state index contributed by atoms with van der Waals surface area (Å²) in [6.07, 6.45) is 6.83. The van der Waals surface area contributed by atoms with Gasteiger partial charge in [0.15, 0.2) is 22.4 Å². The first kappa shape index (κ1) is 34.4. The van der Waals surface area contributed by atoms with Crippen LogP contribution in [0.3, 0.4) is 0 Å². The highest BCUT2D eigenvalue weighted by Gasteiger charge is 2.31. The fourth-order valence-corrected chi connectivity index (χ4v) is 6.98. The first-order valence-corrected chi connectivity index (χ1v) is 17.7. The first-order valence-electron chi connectivity index (χ1n) is 16.9. The van der Waals surface area contributed by atoms with Crippen molar-refractivity contribution in [3.8, 4) is 11.5 Å². The normalized spacial score (nSPS) is 15.0. The molecule has 2 aliphatic rings. The number of para-hydroxylation sites is 1. The Morgan fingerprint density at radius 3 is 2.63 bits per heavy atom. The van der Waals surface area contributed by atoms with E-state index in [0.29, 0.717) is 57.6 Å². The van der Waals surface area contributed by atoms with Gasteiger partial charge in [0.05, 0.1) is 41.2 Å². The lowest BCUT2D eigenvalue weighted by Crippen LogP contribution is -2.43. The fourth-order valence-electron chi connectivity index (χ4n) is 6.14. The molecule has 3 aromatic carbocycles. The predicted molar refractivity (Wildman–Crippen MR) is 198 cm³/mol. The molecule has 7 rings (SSSR count). The lowest BCUT2D eigenvalue weighted by atomic mass is 10.0. The van der Waals surface area contributed by atoms with E-state index in [-0.39, 0.29) is 48.4 Å². The van der Waals surface area contributed by atoms with Crippen molar-refractivity contribution in [2.75, 3.05) is 36.2 Å². The van der Waals surface area contributed by atoms with Crippen LogP contribution in [0.5, 0.6) is 11.5 Å². The number of aliphatic imine (C=N–C) groups is 1. The molecule has 14 nitrogen and oxygen atoms in total. The van der Waals surface area contributed by atoms with Crippen molar-refractivity contribution in [3.05, 3.63) is 83.8 Å². The molecule has 3 N–H and O–H groups in total. The van der Waals surface area contributed by atoms with Crippen LogP contribution in [0.1, 0.15) is 63.4 Å². The van der Waals surface area contributed by atoms with Gasteiger partial charge in [-0.15, -0.1) is 0 Å². The predicted octanol–water partition coefficient (Wildman–Crippen LogP) is 6.05. The standard InChI is InChI=1S/C37H36N8O6S/c1-44-21-31(42-33(44)35(48)43-37-40-27-17-22(13-14-30(27)52-37)34(47)39-23-9-4-3-5-10-23)41-32(46)12-8-16-51-29-19-26-25(18-28(29)50-2)36(49)45-15-7-6-11-24(45)20-38-26/h3-5,9-10,13-14,17-21,24H,6-8,11-12,15-16H2,1-2H3,(H,39,47)(H,41,46)(H,40,43,48)/t24-/m0/s1. The number of methoxy groups -OCH3 is 1. The molecule has 2 aliphatic heterocycles. The zero-order valence-corrected chi connectivity index (χ0v) is 29.4. The minimum absolute atomic E-state index is 0.0118. The van der Waals surface area contributed by atoms with Crippen molar-refractivity contribution in [2.24, 2.45) is 12.0 Å². The summed E-state index contributed by atoms with van der Waals surface area (Å²) in [4.78, 5) is 67.1. The van der Waals surface area contributed by atoms with Gasteiger partial charge in [0, 0.05) is 49.7 Å². The number of amides is 4. The number of hydrogen-bond donors (Lipinski definition) is 3. The maximum Gasteiger partial charge on any atom is 0.293 e. The lowest BCUT2D eigenvalue weighted by Gasteiger charge is -2.32. The Labute approximate surface area is 302 Å². The number of nitrogens with zero attached hydrogens (tertiary/aromatic N) is 5. The van der Waals surface area contributed by atoms with Crippen LogP contribution in [0, 0.1) is 0 Å². The van der Waals surface area contributed by atoms with E-state index in [9.17, 15) is 19.2 Å². The highest BCUT2D eigenvalue weighted by molar-refractivity contribution is 7.22. The zero-order valence-electron chi connectivity index (χ0n) is 28.5. The summed E-state index contributed by atoms with van der Waals surface area (Å²) >= 11 is 1.27. The van der Waals surface area contributed by atoms with E-state index in [1.54, 1.807) is 55.7 Å². The topological polar surface area (TPSA) is 169 Å². The number of nitrogens with one attached hydrogen (secondary N) is 3. The summed E-state index contributed by atoms with van der Waals surface area (Å²) in [6, 6.07) is 17.7. The number of piperidine rings is 1. The highest BCUT2D eigenvalue weighted by Crippen LogP contribution is 2.38. The second kappa shape index (κ2) is 15.0. The number of rotatable bonds is 11. The van der Waals surface area contributed by atoms with Crippen molar-refractivity contribution < 1.29 is 28.7 Å². The Balaban J connectivity index is 0.917. The van der Waals surface area contributed by atoms with Crippen molar-refractivity contribution in [1.29, 1.82) is 0 Å². The maximum atomic E-state index is 13.2. The summed E-state index contributed by atoms with van der Waals surface area (Å²) < 4.78 is 13.8. The van der Waals surface area contributed by atoms with E-state index in [2.05, 4.69) is 30.9 Å². The molecule has 2 aromatic heterocycles. The van der Waals surface area contributed by atoms with Gasteiger partial charge >= 0.3 is 0 Å². The maximum absolute atomic E-state index is 13.2. The van der Waals surface area contributed by atoms with Gasteiger partial charge in [-0.05, 0) is 62.1 Å². The van der Waals surface area contributed by atoms with E-state index in [0.717, 1.165) is 24.0 Å². The van der Waals surface area contributed by atoms with Crippen molar-refractivity contribution in [1.82, 2.24) is 19.4 Å². The third-order valence-electron chi connectivity index (χ3n) is 8.76. The van der Waals surface area contributed by atoms with Crippen LogP contribution in [0.25, 0.3) is 10.2 Å². The van der Waals surface area contributed by atoms with Crippen LogP contribution in [0.15, 0.2) is 71.9 Å². The average molecular weight is 721 g/mol. The van der Waals surface area contributed by atoms with Gasteiger partial charge in [-0.25, -0.2) is 9.97 Å². The molecule has 52 heavy (non-hydrogen) atoms. The number of carbonyl (C=O) groups is 4. The van der Waals surface area contributed by atoms with Crippen LogP contribution in [0.4, 0.5) is 22.3 Å². The van der Waals surface area contributed by atoms with Gasteiger partial charge in [0.1, 0.15) is 0 Å². The first-order chi connectivity index (χ1) is 25.2. The van der Waals surface area contributed by atoms with Crippen molar-refractivity contribution in [2.45, 2.75) is 38.1 Å². The van der Waals surface area contributed by atoms with Crippen LogP contribution >= 0.6 is 11.3 Å². The Kier molecular flexibility index (Phi) is 9.93. The molecule has 5 aromatic rings. The van der Waals surface area contributed by atoms with Gasteiger partial charge in [-0.3, -0.25) is 29.5 Å². The number of imidazole rings is 1. The summed E-state index contributed by atoms with van der Waals surface area (Å²) in [5.41, 5.74) is 2.70. The fraction of sp³-hybridized carbons (Fsp3) is 0.270. The number of thiazole rings is 1. The summed E-state index contributed by atoms with van der Waals surface area (Å²) in [5.74, 6) is 0.0260. The quantitative estimate of drug-likeness (QED) is 0.139. The lowest BCUT2D eigenvalue weighted by molar-refractivity contribution is -0.116. The van der Waals surface area contributed by atoms with Crippen molar-refractivity contribution >= 4 is 73.7 Å². The molecule has 0 aliphatic carbocycles. The SMILES string of the molecule is COc1cc2c(cc1OCCCC(=O)Nc1cn(C)c(C(=O)Nc3nc4cc(C(=O)Nc5ccccc5)ccc4s3)n1)N=C[C@@H]1CCCCN1C2=O. The van der Waals surface area contributed by atoms with Crippen LogP contribution < -0.4 is 25.4 Å². The molecule has 1 saturated heterocycles. The molecular weight excluding hydrogens is 685 g/mol. The van der Waals surface area contributed by atoms with E-state index in [1.807, 2.05) is 29.3 Å². The number of hydrogen-bond acceptors (Lipinski definition) is 10. The highest BCUT2D eigenvalue weighted by atomic mass is 32.1. The monoisotopic (exact) mass is 720 g/mol. The average Bonchev–Trinajstić information content (AvgIpc) is 3.69. The smallest absolute Gasteiger partial charge is 0.293 e. The zero-order chi connectivity index (χ0) is 36.2. The van der Waals surface area contributed by atoms with E-state index >= 15 is 0 Å². The molecule has 0 radical (unpaired) electrons. The van der Waals surface area contributed by atoms with E-state index < -0.39 is 5.91 Å². The molecule has 15 heteroatoms. The van der Waals surface area contributed by atoms with Crippen LogP contribution in [-0.4, -0.2) is 75.6 Å². The number of aryl methyl sites for hydroxylation is 1. The third kappa shape index (κ3) is 7.49. The Morgan fingerprint density at radius 1 is 0.962 bits per heavy atom. The largest absolute Gasteiger partial charge is 0.493 e. The molecule has 1 fully saturated rings. The molecule has 0 spiro atoms. The Bertz CT molecular complexity index is 2200. The molecule has 0 bridgehead atoms. The van der Waals surface area contributed by atoms with Crippen LogP contribution in [-0.2, 0) is 11.8 Å². The molecule has 0 unspecified atom stereocenters. The minimum Gasteiger partial charge on any atom is -0.493 e. The Hall–Kier alpha value is -6.09. The minimum atomic E-state index is -0.505. The summed E-state index contributed by atoms with van der Waals surface area (Å²) in [5, 5.41) is 8.69. The number of fused-ring (bicyclic) bond motifs is 3. The van der Waals surface area contributed by atoms with Gasteiger partial charge < -0.3 is 29.6 Å². The second-order valence-corrected chi connectivity index (χ2v) is 13.4. The van der Waals surface area contributed by atoms with Gasteiger partial charge in [0.25, 0.3) is 17.7 Å².